The molecule has 1 aliphatic heterocycles. The number of benzene rings is 1. The van der Waals surface area contributed by atoms with Crippen molar-refractivity contribution in [3.05, 3.63) is 35.4 Å². The van der Waals surface area contributed by atoms with Gasteiger partial charge in [-0.05, 0) is 12.1 Å². The van der Waals surface area contributed by atoms with Gasteiger partial charge in [-0.25, -0.2) is 4.21 Å². The first kappa shape index (κ1) is 9.04. The number of fused-ring (bicyclic) bond motifs is 1. The summed E-state index contributed by atoms with van der Waals surface area (Å²) in [6, 6.07) is 6.08. The van der Waals surface area contributed by atoms with Gasteiger partial charge in [-0.3, -0.25) is 14.1 Å². The molecule has 14 heavy (non-hydrogen) atoms. The standard InChI is InChI=1S/C8H5NO4S/c10-7-5-3-1-2-4-6(5)8(11)9(7)14(12)13/h1-4H,(H,12,13). The van der Waals surface area contributed by atoms with E-state index in [0.717, 1.165) is 0 Å². The first-order valence-electron chi connectivity index (χ1n) is 3.71. The minimum atomic E-state index is -2.59. The molecule has 1 N–H and O–H groups in total. The summed E-state index contributed by atoms with van der Waals surface area (Å²) in [5.74, 6) is -1.46. The predicted molar refractivity (Wildman–Crippen MR) is 47.7 cm³/mol. The molecule has 1 atom stereocenters. The minimum absolute atomic E-state index is 0.167. The molecular formula is C8H5NO4S. The highest BCUT2D eigenvalue weighted by atomic mass is 32.2. The lowest BCUT2D eigenvalue weighted by molar-refractivity contribution is 0.0763. The summed E-state index contributed by atoms with van der Waals surface area (Å²) in [6.07, 6.45) is 0. The van der Waals surface area contributed by atoms with Crippen molar-refractivity contribution in [3.8, 4) is 0 Å². The van der Waals surface area contributed by atoms with Crippen LogP contribution in [0.3, 0.4) is 0 Å². The van der Waals surface area contributed by atoms with Gasteiger partial charge in [-0.2, -0.15) is 4.31 Å². The Morgan fingerprint density at radius 2 is 1.50 bits per heavy atom. The third kappa shape index (κ3) is 1.08. The van der Waals surface area contributed by atoms with Gasteiger partial charge in [0.05, 0.1) is 11.1 Å². The lowest BCUT2D eigenvalue weighted by atomic mass is 10.1. The molecule has 0 saturated heterocycles. The van der Waals surface area contributed by atoms with Crippen LogP contribution in [0.5, 0.6) is 0 Å². The second kappa shape index (κ2) is 3.00. The van der Waals surface area contributed by atoms with E-state index in [4.69, 9.17) is 4.55 Å². The summed E-state index contributed by atoms with van der Waals surface area (Å²) in [5, 5.41) is 0. The summed E-state index contributed by atoms with van der Waals surface area (Å²) in [7, 11) is 0. The molecule has 2 rings (SSSR count). The third-order valence-corrected chi connectivity index (χ3v) is 2.56. The first-order valence-corrected chi connectivity index (χ1v) is 4.78. The van der Waals surface area contributed by atoms with Gasteiger partial charge in [-0.15, -0.1) is 0 Å². The van der Waals surface area contributed by atoms with Gasteiger partial charge in [-0.1, -0.05) is 12.1 Å². The molecule has 1 heterocycles. The van der Waals surface area contributed by atoms with Gasteiger partial charge in [0.25, 0.3) is 23.1 Å². The van der Waals surface area contributed by atoms with Gasteiger partial charge < -0.3 is 0 Å². The Kier molecular flexibility index (Phi) is 1.94. The van der Waals surface area contributed by atoms with Crippen molar-refractivity contribution in [1.82, 2.24) is 4.31 Å². The Morgan fingerprint density at radius 3 is 1.86 bits per heavy atom. The first-order chi connectivity index (χ1) is 6.63. The van der Waals surface area contributed by atoms with Crippen molar-refractivity contribution in [1.29, 1.82) is 0 Å². The monoisotopic (exact) mass is 211 g/mol. The summed E-state index contributed by atoms with van der Waals surface area (Å²) in [5.41, 5.74) is 0.333. The van der Waals surface area contributed by atoms with Crippen molar-refractivity contribution in [2.75, 3.05) is 0 Å². The Balaban J connectivity index is 2.59. The second-order valence-electron chi connectivity index (χ2n) is 2.68. The Morgan fingerprint density at radius 1 is 1.07 bits per heavy atom. The largest absolute Gasteiger partial charge is 0.289 e. The SMILES string of the molecule is O=C1c2ccccc2C(=O)N1S(=O)O. The van der Waals surface area contributed by atoms with Crippen molar-refractivity contribution in [2.24, 2.45) is 0 Å². The Hall–Kier alpha value is -1.53. The molecule has 0 aliphatic carbocycles. The van der Waals surface area contributed by atoms with E-state index in [9.17, 15) is 13.8 Å². The van der Waals surface area contributed by atoms with E-state index in [1.54, 1.807) is 12.1 Å². The number of carbonyl (C=O) groups excluding carboxylic acids is 2. The van der Waals surface area contributed by atoms with Gasteiger partial charge in [0.2, 0.25) is 0 Å². The fourth-order valence-electron chi connectivity index (χ4n) is 1.31. The minimum Gasteiger partial charge on any atom is -0.289 e. The molecule has 0 saturated carbocycles. The molecule has 1 aliphatic rings. The molecule has 1 aromatic rings. The molecule has 0 spiro atoms. The normalized spacial score (nSPS) is 17.1. The number of amides is 2. The second-order valence-corrected chi connectivity index (χ2v) is 3.51. The topological polar surface area (TPSA) is 74.7 Å². The molecule has 2 amide bonds. The van der Waals surface area contributed by atoms with Gasteiger partial charge >= 0.3 is 0 Å². The van der Waals surface area contributed by atoms with Gasteiger partial charge in [0.15, 0.2) is 0 Å². The maximum absolute atomic E-state index is 11.4. The van der Waals surface area contributed by atoms with Crippen molar-refractivity contribution in [3.63, 3.8) is 0 Å². The lowest BCUT2D eigenvalue weighted by Crippen LogP contribution is -2.31. The smallest absolute Gasteiger partial charge is 0.275 e. The van der Waals surface area contributed by atoms with Crippen molar-refractivity contribution in [2.45, 2.75) is 0 Å². The number of imide groups is 1. The lowest BCUT2D eigenvalue weighted by Gasteiger charge is -2.05. The molecule has 72 valence electrons. The van der Waals surface area contributed by atoms with Crippen molar-refractivity contribution >= 4 is 23.1 Å². The molecule has 0 aromatic heterocycles. The Labute approximate surface area is 81.8 Å². The molecule has 0 bridgehead atoms. The van der Waals surface area contributed by atoms with Crippen LogP contribution in [-0.4, -0.2) is 24.9 Å². The molecule has 1 unspecified atom stereocenters. The fourth-order valence-corrected chi connectivity index (χ4v) is 1.79. The van der Waals surface area contributed by atoms with Crippen LogP contribution in [0.15, 0.2) is 24.3 Å². The summed E-state index contributed by atoms with van der Waals surface area (Å²) in [4.78, 5) is 22.8. The predicted octanol–water partition coefficient (Wildman–Crippen LogP) is 0.419. The summed E-state index contributed by atoms with van der Waals surface area (Å²) < 4.78 is 19.7. The van der Waals surface area contributed by atoms with Crippen LogP contribution in [-0.2, 0) is 11.3 Å². The Bertz CT molecular complexity index is 421. The van der Waals surface area contributed by atoms with Gasteiger partial charge in [0.1, 0.15) is 0 Å². The third-order valence-electron chi connectivity index (χ3n) is 1.91. The number of hydrogen-bond donors (Lipinski definition) is 1. The fraction of sp³-hybridized carbons (Fsp3) is 0. The number of nitrogens with zero attached hydrogens (tertiary/aromatic N) is 1. The average molecular weight is 211 g/mol. The van der Waals surface area contributed by atoms with Gasteiger partial charge in [0, 0.05) is 0 Å². The molecule has 0 fully saturated rings. The van der Waals surface area contributed by atoms with Crippen molar-refractivity contribution < 1.29 is 18.4 Å². The van der Waals surface area contributed by atoms with E-state index in [-0.39, 0.29) is 11.1 Å². The summed E-state index contributed by atoms with van der Waals surface area (Å²) in [6.45, 7) is 0. The zero-order chi connectivity index (χ0) is 10.3. The number of hydrogen-bond acceptors (Lipinski definition) is 3. The maximum Gasteiger partial charge on any atom is 0.275 e. The average Bonchev–Trinajstić information content (AvgIpc) is 2.41. The van der Waals surface area contributed by atoms with E-state index >= 15 is 0 Å². The number of carbonyl (C=O) groups is 2. The molecule has 0 radical (unpaired) electrons. The molecule has 6 heteroatoms. The quantitative estimate of drug-likeness (QED) is 0.539. The number of rotatable bonds is 1. The van der Waals surface area contributed by atoms with Crippen LogP contribution < -0.4 is 0 Å². The van der Waals surface area contributed by atoms with E-state index in [1.807, 2.05) is 0 Å². The zero-order valence-corrected chi connectivity index (χ0v) is 7.65. The van der Waals surface area contributed by atoms with E-state index in [2.05, 4.69) is 0 Å². The van der Waals surface area contributed by atoms with Crippen LogP contribution in [0, 0.1) is 0 Å². The van der Waals surface area contributed by atoms with Crippen LogP contribution in [0.2, 0.25) is 0 Å². The highest BCUT2D eigenvalue weighted by Gasteiger charge is 2.38. The zero-order valence-electron chi connectivity index (χ0n) is 6.84. The van der Waals surface area contributed by atoms with E-state index in [0.29, 0.717) is 4.31 Å². The van der Waals surface area contributed by atoms with Crippen LogP contribution >= 0.6 is 0 Å². The summed E-state index contributed by atoms with van der Waals surface area (Å²) >= 11 is -2.59. The highest BCUT2D eigenvalue weighted by molar-refractivity contribution is 7.78. The van der Waals surface area contributed by atoms with E-state index in [1.165, 1.54) is 12.1 Å². The van der Waals surface area contributed by atoms with Crippen LogP contribution in [0.1, 0.15) is 20.7 Å². The molecule has 1 aromatic carbocycles. The maximum atomic E-state index is 11.4. The molecular weight excluding hydrogens is 206 g/mol. The van der Waals surface area contributed by atoms with E-state index < -0.39 is 23.1 Å². The van der Waals surface area contributed by atoms with Crippen LogP contribution in [0.25, 0.3) is 0 Å². The van der Waals surface area contributed by atoms with Crippen LogP contribution in [0.4, 0.5) is 0 Å². The highest BCUT2D eigenvalue weighted by Crippen LogP contribution is 2.22. The molecule has 5 nitrogen and oxygen atoms in total.